The third-order valence-corrected chi connectivity index (χ3v) is 6.82. The summed E-state index contributed by atoms with van der Waals surface area (Å²) in [7, 11) is 0. The molecule has 0 spiro atoms. The lowest BCUT2D eigenvalue weighted by Gasteiger charge is -2.49. The van der Waals surface area contributed by atoms with Gasteiger partial charge in [0.1, 0.15) is 6.17 Å². The minimum atomic E-state index is -0.130. The van der Waals surface area contributed by atoms with Crippen LogP contribution in [-0.2, 0) is 5.41 Å². The molecule has 0 saturated carbocycles. The van der Waals surface area contributed by atoms with Gasteiger partial charge in [-0.05, 0) is 29.1 Å². The molecule has 0 N–H and O–H groups in total. The molecule has 2 aliphatic rings. The summed E-state index contributed by atoms with van der Waals surface area (Å²) in [6.45, 7) is 8.79. The molecule has 2 aliphatic heterocycles. The molecule has 0 radical (unpaired) electrons. The van der Waals surface area contributed by atoms with E-state index in [1.807, 2.05) is 0 Å². The molecule has 4 nitrogen and oxygen atoms in total. The third kappa shape index (κ3) is 1.84. The van der Waals surface area contributed by atoms with E-state index in [0.717, 1.165) is 11.6 Å². The van der Waals surface area contributed by atoms with Crippen molar-refractivity contribution >= 4 is 33.7 Å². The summed E-state index contributed by atoms with van der Waals surface area (Å²) < 4.78 is 0. The first-order valence-electron chi connectivity index (χ1n) is 8.83. The van der Waals surface area contributed by atoms with Crippen LogP contribution in [-0.4, -0.2) is 16.1 Å². The number of aromatic nitrogens is 2. The van der Waals surface area contributed by atoms with Gasteiger partial charge in [-0.1, -0.05) is 38.1 Å². The van der Waals surface area contributed by atoms with Crippen molar-refractivity contribution in [1.82, 2.24) is 9.97 Å². The summed E-state index contributed by atoms with van der Waals surface area (Å²) in [6, 6.07) is 12.9. The minimum absolute atomic E-state index is 0.115. The fourth-order valence-electron chi connectivity index (χ4n) is 4.36. The maximum absolute atomic E-state index is 4.71. The van der Waals surface area contributed by atoms with E-state index in [4.69, 9.17) is 9.97 Å². The topological polar surface area (TPSA) is 32.3 Å². The van der Waals surface area contributed by atoms with Gasteiger partial charge >= 0.3 is 0 Å². The molecule has 130 valence electrons. The molecule has 0 aliphatic carbocycles. The molecule has 5 heteroatoms. The van der Waals surface area contributed by atoms with Gasteiger partial charge in [-0.2, -0.15) is 0 Å². The lowest BCUT2D eigenvalue weighted by molar-refractivity contribution is 0.313. The first kappa shape index (κ1) is 15.6. The summed E-state index contributed by atoms with van der Waals surface area (Å²) in [5.74, 6) is 2.15. The molecule has 4 heterocycles. The molecular formula is C21H20N4S. The minimum Gasteiger partial charge on any atom is -0.301 e. The first-order chi connectivity index (χ1) is 12.7. The Labute approximate surface area is 157 Å². The fraction of sp³-hybridized carbons (Fsp3) is 0.238. The molecule has 0 amide bonds. The number of para-hydroxylation sites is 1. The molecule has 0 bridgehead atoms. The zero-order valence-electron chi connectivity index (χ0n) is 14.8. The van der Waals surface area contributed by atoms with Crippen LogP contribution in [0.25, 0.3) is 0 Å². The zero-order valence-corrected chi connectivity index (χ0v) is 15.6. The highest BCUT2D eigenvalue weighted by Gasteiger charge is 2.53. The van der Waals surface area contributed by atoms with Gasteiger partial charge in [-0.25, -0.2) is 9.97 Å². The number of rotatable bonds is 2. The summed E-state index contributed by atoms with van der Waals surface area (Å²) >= 11 is 1.74. The first-order valence-corrected chi connectivity index (χ1v) is 9.71. The van der Waals surface area contributed by atoms with Crippen LogP contribution in [0.2, 0.25) is 0 Å². The van der Waals surface area contributed by atoms with E-state index < -0.39 is 0 Å². The van der Waals surface area contributed by atoms with Gasteiger partial charge in [0.2, 0.25) is 0 Å². The van der Waals surface area contributed by atoms with Crippen LogP contribution in [0, 0.1) is 5.92 Å². The largest absolute Gasteiger partial charge is 0.301 e. The lowest BCUT2D eigenvalue weighted by atomic mass is 9.68. The van der Waals surface area contributed by atoms with E-state index in [1.54, 1.807) is 23.7 Å². The number of thiophene rings is 1. The zero-order chi connectivity index (χ0) is 17.9. The second kappa shape index (κ2) is 5.42. The Morgan fingerprint density at radius 3 is 2.50 bits per heavy atom. The highest BCUT2D eigenvalue weighted by atomic mass is 32.1. The summed E-state index contributed by atoms with van der Waals surface area (Å²) in [4.78, 5) is 14.1. The monoisotopic (exact) mass is 360 g/mol. The molecule has 5 rings (SSSR count). The van der Waals surface area contributed by atoms with E-state index in [-0.39, 0.29) is 11.6 Å². The van der Waals surface area contributed by atoms with Gasteiger partial charge in [0.15, 0.2) is 11.6 Å². The van der Waals surface area contributed by atoms with Gasteiger partial charge in [0.25, 0.3) is 0 Å². The van der Waals surface area contributed by atoms with Gasteiger partial charge in [-0.3, -0.25) is 4.90 Å². The SMILES string of the molecule is C=CC1(C)c2ccccc2N2c3nccnc3N(c3cccs3)C2C1C. The average Bonchev–Trinajstić information content (AvgIpc) is 3.31. The number of hydrogen-bond donors (Lipinski definition) is 0. The Morgan fingerprint density at radius 2 is 1.81 bits per heavy atom. The second-order valence-electron chi connectivity index (χ2n) is 7.10. The highest BCUT2D eigenvalue weighted by molar-refractivity contribution is 7.14. The van der Waals surface area contributed by atoms with Crippen molar-refractivity contribution in [3.05, 3.63) is 72.4 Å². The normalized spacial score (nSPS) is 26.2. The molecular weight excluding hydrogens is 340 g/mol. The van der Waals surface area contributed by atoms with E-state index >= 15 is 0 Å². The van der Waals surface area contributed by atoms with Crippen LogP contribution < -0.4 is 9.80 Å². The van der Waals surface area contributed by atoms with Crippen molar-refractivity contribution in [2.45, 2.75) is 25.4 Å². The maximum atomic E-state index is 4.71. The van der Waals surface area contributed by atoms with Crippen molar-refractivity contribution in [3.8, 4) is 0 Å². The maximum Gasteiger partial charge on any atom is 0.179 e. The van der Waals surface area contributed by atoms with Crippen LogP contribution >= 0.6 is 11.3 Å². The van der Waals surface area contributed by atoms with Crippen molar-refractivity contribution in [1.29, 1.82) is 0 Å². The summed E-state index contributed by atoms with van der Waals surface area (Å²) in [5, 5.41) is 3.30. The molecule has 3 atom stereocenters. The van der Waals surface area contributed by atoms with Crippen LogP contribution in [0.5, 0.6) is 0 Å². The Hall–Kier alpha value is -2.66. The van der Waals surface area contributed by atoms with Crippen molar-refractivity contribution in [2.24, 2.45) is 5.92 Å². The molecule has 1 aromatic carbocycles. The van der Waals surface area contributed by atoms with Crippen molar-refractivity contribution < 1.29 is 0 Å². The number of hydrogen-bond acceptors (Lipinski definition) is 5. The second-order valence-corrected chi connectivity index (χ2v) is 8.03. The van der Waals surface area contributed by atoms with Gasteiger partial charge in [-0.15, -0.1) is 17.9 Å². The smallest absolute Gasteiger partial charge is 0.179 e. The van der Waals surface area contributed by atoms with Gasteiger partial charge < -0.3 is 4.90 Å². The predicted octanol–water partition coefficient (Wildman–Crippen LogP) is 5.25. The van der Waals surface area contributed by atoms with Crippen LogP contribution in [0.15, 0.2) is 66.8 Å². The van der Waals surface area contributed by atoms with E-state index in [9.17, 15) is 0 Å². The predicted molar refractivity (Wildman–Crippen MR) is 108 cm³/mol. The molecule has 2 aromatic heterocycles. The summed E-state index contributed by atoms with van der Waals surface area (Å²) in [6.07, 6.45) is 5.78. The fourth-order valence-corrected chi connectivity index (χ4v) is 5.13. The van der Waals surface area contributed by atoms with E-state index in [1.165, 1.54) is 16.3 Å². The number of anilines is 4. The molecule has 26 heavy (non-hydrogen) atoms. The molecule has 3 unspecified atom stereocenters. The number of benzene rings is 1. The Balaban J connectivity index is 1.82. The number of fused-ring (bicyclic) bond motifs is 5. The van der Waals surface area contributed by atoms with Gasteiger partial charge in [0, 0.05) is 29.4 Å². The van der Waals surface area contributed by atoms with Crippen molar-refractivity contribution in [2.75, 3.05) is 9.80 Å². The number of nitrogens with zero attached hydrogens (tertiary/aromatic N) is 4. The third-order valence-electron chi connectivity index (χ3n) is 5.95. The van der Waals surface area contributed by atoms with Crippen LogP contribution in [0.4, 0.5) is 22.3 Å². The Kier molecular flexibility index (Phi) is 3.25. The molecule has 3 aromatic rings. The lowest BCUT2D eigenvalue weighted by Crippen LogP contribution is -2.53. The van der Waals surface area contributed by atoms with E-state index in [2.05, 4.69) is 78.1 Å². The average molecular weight is 360 g/mol. The quantitative estimate of drug-likeness (QED) is 0.585. The Morgan fingerprint density at radius 1 is 1.08 bits per heavy atom. The standard InChI is InChI=1S/C21H20N4S/c1-4-21(3)14(2)20-24(16-9-6-5-8-15(16)21)18-19(23-12-11-22-18)25(20)17-10-7-13-26-17/h4-14,20H,1H2,2-3H3. The summed E-state index contributed by atoms with van der Waals surface area (Å²) in [5.41, 5.74) is 2.36. The van der Waals surface area contributed by atoms with Crippen molar-refractivity contribution in [3.63, 3.8) is 0 Å². The van der Waals surface area contributed by atoms with Crippen LogP contribution in [0.3, 0.4) is 0 Å². The van der Waals surface area contributed by atoms with Crippen LogP contribution in [0.1, 0.15) is 19.4 Å². The molecule has 0 fully saturated rings. The number of allylic oxidation sites excluding steroid dienone is 1. The Bertz CT molecular complexity index is 983. The molecule has 0 saturated heterocycles. The van der Waals surface area contributed by atoms with E-state index in [0.29, 0.717) is 5.92 Å². The van der Waals surface area contributed by atoms with Gasteiger partial charge in [0.05, 0.1) is 5.00 Å². The highest BCUT2D eigenvalue weighted by Crippen LogP contribution is 2.57.